The summed E-state index contributed by atoms with van der Waals surface area (Å²) >= 11 is 0. The van der Waals surface area contributed by atoms with E-state index in [4.69, 9.17) is 0 Å². The molecule has 0 N–H and O–H groups in total. The van der Waals surface area contributed by atoms with Crippen LogP contribution in [0.2, 0.25) is 0 Å². The summed E-state index contributed by atoms with van der Waals surface area (Å²) in [6, 6.07) is 0. The summed E-state index contributed by atoms with van der Waals surface area (Å²) in [5.41, 5.74) is 0.798. The molecule has 0 unspecified atom stereocenters. The summed E-state index contributed by atoms with van der Waals surface area (Å²) in [6.07, 6.45) is 1.09. The predicted molar refractivity (Wildman–Crippen MR) is 33.3 cm³/mol. The second-order valence-corrected chi connectivity index (χ2v) is 1.45. The second-order valence-electron chi connectivity index (χ2n) is 1.45. The van der Waals surface area contributed by atoms with Gasteiger partial charge in [0.05, 0.1) is 6.42 Å². The van der Waals surface area contributed by atoms with Crippen LogP contribution < -0.4 is 0 Å². The molecule has 0 aliphatic heterocycles. The molecule has 0 aromatic rings. The number of hydrogen-bond acceptors (Lipinski definition) is 1. The van der Waals surface area contributed by atoms with Gasteiger partial charge in [0.2, 0.25) is 0 Å². The van der Waals surface area contributed by atoms with Gasteiger partial charge < -0.3 is 4.79 Å². The first-order valence-corrected chi connectivity index (χ1v) is 2.35. The third-order valence-corrected chi connectivity index (χ3v) is 0.487. The van der Waals surface area contributed by atoms with E-state index in [1.165, 1.54) is 0 Å². The summed E-state index contributed by atoms with van der Waals surface area (Å²) in [5.74, 6) is 5.29. The molecule has 0 rings (SSSR count). The number of carbonyl (C=O) groups is 1. The van der Waals surface area contributed by atoms with Gasteiger partial charge in [0.1, 0.15) is 6.29 Å². The highest BCUT2D eigenvalue weighted by molar-refractivity contribution is 5.54. The van der Waals surface area contributed by atoms with Gasteiger partial charge in [0, 0.05) is 0 Å². The molecule has 0 heterocycles. The number of hydrogen-bond donors (Lipinski definition) is 0. The third-order valence-electron chi connectivity index (χ3n) is 0.487. The highest BCUT2D eigenvalue weighted by Crippen LogP contribution is 1.79. The van der Waals surface area contributed by atoms with Crippen molar-refractivity contribution in [2.24, 2.45) is 0 Å². The molecule has 0 atom stereocenters. The van der Waals surface area contributed by atoms with Crippen LogP contribution in [0.3, 0.4) is 0 Å². The molecule has 0 aliphatic rings. The van der Waals surface area contributed by atoms with Gasteiger partial charge in [-0.05, 0) is 12.5 Å². The van der Waals surface area contributed by atoms with Crippen LogP contribution in [0.25, 0.3) is 0 Å². The first-order chi connectivity index (χ1) is 3.77. The Morgan fingerprint density at radius 1 is 1.88 bits per heavy atom. The lowest BCUT2D eigenvalue weighted by atomic mass is 10.3. The predicted octanol–water partition coefficient (Wildman–Crippen LogP) is 1.15. The molecule has 42 valence electrons. The zero-order chi connectivity index (χ0) is 6.41. The molecule has 0 aromatic heterocycles. The van der Waals surface area contributed by atoms with Crippen molar-refractivity contribution in [2.45, 2.75) is 13.3 Å². The molecule has 0 aliphatic carbocycles. The Kier molecular flexibility index (Phi) is 3.60. The first kappa shape index (κ1) is 6.97. The van der Waals surface area contributed by atoms with Gasteiger partial charge in [-0.2, -0.15) is 0 Å². The van der Waals surface area contributed by atoms with Gasteiger partial charge in [-0.25, -0.2) is 0 Å². The quantitative estimate of drug-likeness (QED) is 0.364. The molecule has 0 bridgehead atoms. The minimum atomic E-state index is 0.312. The zero-order valence-corrected chi connectivity index (χ0v) is 4.90. The van der Waals surface area contributed by atoms with Crippen LogP contribution in [0.1, 0.15) is 13.3 Å². The largest absolute Gasteiger partial charge is 0.302 e. The maximum atomic E-state index is 9.65. The van der Waals surface area contributed by atoms with E-state index in [2.05, 4.69) is 18.4 Å². The maximum Gasteiger partial charge on any atom is 0.131 e. The van der Waals surface area contributed by atoms with E-state index in [0.29, 0.717) is 6.42 Å². The molecular formula is C7H8O. The van der Waals surface area contributed by atoms with Crippen molar-refractivity contribution >= 4 is 6.29 Å². The van der Waals surface area contributed by atoms with Crippen molar-refractivity contribution in [3.63, 3.8) is 0 Å². The zero-order valence-electron chi connectivity index (χ0n) is 4.90. The Morgan fingerprint density at radius 2 is 2.50 bits per heavy atom. The van der Waals surface area contributed by atoms with Crippen molar-refractivity contribution < 1.29 is 4.79 Å². The third kappa shape index (κ3) is 4.97. The lowest BCUT2D eigenvalue weighted by molar-refractivity contribution is -0.107. The number of carbonyl (C=O) groups excluding carboxylic acids is 1. The molecule has 0 saturated carbocycles. The van der Waals surface area contributed by atoms with Gasteiger partial charge in [0.25, 0.3) is 0 Å². The fourth-order valence-corrected chi connectivity index (χ4v) is 0.244. The van der Waals surface area contributed by atoms with Crippen LogP contribution in [-0.4, -0.2) is 6.29 Å². The molecule has 1 nitrogen and oxygen atoms in total. The normalized spacial score (nSPS) is 6.62. The lowest BCUT2D eigenvalue weighted by Gasteiger charge is -1.73. The Bertz CT molecular complexity index is 146. The van der Waals surface area contributed by atoms with Crippen molar-refractivity contribution in [3.05, 3.63) is 12.2 Å². The molecule has 0 saturated heterocycles. The first-order valence-electron chi connectivity index (χ1n) is 2.35. The average molecular weight is 108 g/mol. The second kappa shape index (κ2) is 4.14. The highest BCUT2D eigenvalue weighted by Gasteiger charge is 1.69. The Morgan fingerprint density at radius 3 is 2.88 bits per heavy atom. The van der Waals surface area contributed by atoms with Crippen LogP contribution >= 0.6 is 0 Å². The maximum absolute atomic E-state index is 9.65. The van der Waals surface area contributed by atoms with Gasteiger partial charge >= 0.3 is 0 Å². The summed E-state index contributed by atoms with van der Waals surface area (Å²) in [5, 5.41) is 0. The summed E-state index contributed by atoms with van der Waals surface area (Å²) in [6.45, 7) is 5.34. The minimum Gasteiger partial charge on any atom is -0.302 e. The van der Waals surface area contributed by atoms with E-state index in [1.807, 2.05) is 0 Å². The van der Waals surface area contributed by atoms with Crippen molar-refractivity contribution in [1.82, 2.24) is 0 Å². The van der Waals surface area contributed by atoms with Gasteiger partial charge in [-0.3, -0.25) is 0 Å². The van der Waals surface area contributed by atoms with Crippen LogP contribution in [0, 0.1) is 11.8 Å². The van der Waals surface area contributed by atoms with Gasteiger partial charge in [-0.15, -0.1) is 0 Å². The van der Waals surface area contributed by atoms with Crippen molar-refractivity contribution in [2.75, 3.05) is 0 Å². The molecule has 0 amide bonds. The smallest absolute Gasteiger partial charge is 0.131 e. The summed E-state index contributed by atoms with van der Waals surface area (Å²) in [4.78, 5) is 9.65. The molecule has 0 fully saturated rings. The topological polar surface area (TPSA) is 17.1 Å². The van der Waals surface area contributed by atoms with Crippen LogP contribution in [-0.2, 0) is 4.79 Å². The van der Waals surface area contributed by atoms with Crippen molar-refractivity contribution in [3.8, 4) is 11.8 Å². The van der Waals surface area contributed by atoms with E-state index < -0.39 is 0 Å². The molecule has 0 aromatic carbocycles. The standard InChI is InChI=1S/C7H8O/c1-7(2)5-3-4-6-8/h6H,1,4H2,2H3. The molecular weight excluding hydrogens is 100 g/mol. The SMILES string of the molecule is C=C(C)C#CCC=O. The molecule has 8 heavy (non-hydrogen) atoms. The molecule has 1 heteroatoms. The summed E-state index contributed by atoms with van der Waals surface area (Å²) in [7, 11) is 0. The molecule has 0 spiro atoms. The van der Waals surface area contributed by atoms with Crippen molar-refractivity contribution in [1.29, 1.82) is 0 Å². The number of allylic oxidation sites excluding steroid dienone is 1. The lowest BCUT2D eigenvalue weighted by Crippen LogP contribution is -1.66. The van der Waals surface area contributed by atoms with E-state index in [-0.39, 0.29) is 0 Å². The van der Waals surface area contributed by atoms with E-state index in [9.17, 15) is 4.79 Å². The van der Waals surface area contributed by atoms with Gasteiger partial charge in [-0.1, -0.05) is 18.4 Å². The van der Waals surface area contributed by atoms with Crippen LogP contribution in [0.15, 0.2) is 12.2 Å². The average Bonchev–Trinajstić information content (AvgIpc) is 1.66. The Balaban J connectivity index is 3.50. The van der Waals surface area contributed by atoms with E-state index in [1.54, 1.807) is 6.92 Å². The highest BCUT2D eigenvalue weighted by atomic mass is 16.1. The van der Waals surface area contributed by atoms with Crippen LogP contribution in [0.5, 0.6) is 0 Å². The number of aldehydes is 1. The summed E-state index contributed by atoms with van der Waals surface area (Å²) < 4.78 is 0. The fourth-order valence-electron chi connectivity index (χ4n) is 0.244. The minimum absolute atomic E-state index is 0.312. The van der Waals surface area contributed by atoms with Crippen LogP contribution in [0.4, 0.5) is 0 Å². The van der Waals surface area contributed by atoms with Gasteiger partial charge in [0.15, 0.2) is 0 Å². The fraction of sp³-hybridized carbons (Fsp3) is 0.286. The van der Waals surface area contributed by atoms with E-state index >= 15 is 0 Å². The van der Waals surface area contributed by atoms with E-state index in [0.717, 1.165) is 11.9 Å². The Labute approximate surface area is 49.4 Å². The monoisotopic (exact) mass is 108 g/mol. The Hall–Kier alpha value is -1.03. The molecule has 0 radical (unpaired) electrons. The number of rotatable bonds is 1.